The first-order valence-electron chi connectivity index (χ1n) is 6.22. The molecule has 3 aromatic rings. The number of nitrogens with zero attached hydrogens (tertiary/aromatic N) is 1. The van der Waals surface area contributed by atoms with Crippen molar-refractivity contribution in [2.45, 2.75) is 6.42 Å². The SMILES string of the molecule is Fc1ccccc1Oc1ccc(Cc2ccon2)cc1. The summed E-state index contributed by atoms with van der Waals surface area (Å²) in [6.45, 7) is 0. The number of halogens is 1. The molecule has 0 saturated carbocycles. The van der Waals surface area contributed by atoms with Gasteiger partial charge >= 0.3 is 0 Å². The summed E-state index contributed by atoms with van der Waals surface area (Å²) >= 11 is 0. The largest absolute Gasteiger partial charge is 0.454 e. The fourth-order valence-corrected chi connectivity index (χ4v) is 1.87. The van der Waals surface area contributed by atoms with Gasteiger partial charge in [0.2, 0.25) is 0 Å². The van der Waals surface area contributed by atoms with Crippen molar-refractivity contribution >= 4 is 0 Å². The summed E-state index contributed by atoms with van der Waals surface area (Å²) in [4.78, 5) is 0. The summed E-state index contributed by atoms with van der Waals surface area (Å²) in [7, 11) is 0. The average Bonchev–Trinajstić information content (AvgIpc) is 2.96. The molecule has 0 N–H and O–H groups in total. The summed E-state index contributed by atoms with van der Waals surface area (Å²) < 4.78 is 23.7. The Labute approximate surface area is 115 Å². The highest BCUT2D eigenvalue weighted by Gasteiger charge is 2.04. The van der Waals surface area contributed by atoms with E-state index in [2.05, 4.69) is 5.16 Å². The number of rotatable bonds is 4. The van der Waals surface area contributed by atoms with E-state index in [0.29, 0.717) is 12.2 Å². The molecule has 0 aliphatic carbocycles. The van der Waals surface area contributed by atoms with Crippen LogP contribution in [0.5, 0.6) is 11.5 Å². The van der Waals surface area contributed by atoms with Gasteiger partial charge in [0.1, 0.15) is 12.0 Å². The van der Waals surface area contributed by atoms with E-state index in [9.17, 15) is 4.39 Å². The van der Waals surface area contributed by atoms with Crippen molar-refractivity contribution in [2.75, 3.05) is 0 Å². The molecule has 0 atom stereocenters. The van der Waals surface area contributed by atoms with E-state index in [4.69, 9.17) is 9.26 Å². The second kappa shape index (κ2) is 5.57. The van der Waals surface area contributed by atoms with Gasteiger partial charge in [0.05, 0.1) is 5.69 Å². The van der Waals surface area contributed by atoms with Gasteiger partial charge in [0, 0.05) is 12.5 Å². The standard InChI is InChI=1S/C16H12FNO2/c17-15-3-1-2-4-16(15)20-14-7-5-12(6-8-14)11-13-9-10-19-18-13/h1-10H,11H2. The lowest BCUT2D eigenvalue weighted by atomic mass is 10.1. The van der Waals surface area contributed by atoms with Gasteiger partial charge in [0.15, 0.2) is 11.6 Å². The quantitative estimate of drug-likeness (QED) is 0.712. The van der Waals surface area contributed by atoms with Crippen LogP contribution >= 0.6 is 0 Å². The van der Waals surface area contributed by atoms with Crippen LogP contribution in [0.4, 0.5) is 4.39 Å². The van der Waals surface area contributed by atoms with Crippen LogP contribution < -0.4 is 4.74 Å². The fourth-order valence-electron chi connectivity index (χ4n) is 1.87. The third kappa shape index (κ3) is 2.85. The van der Waals surface area contributed by atoms with Gasteiger partial charge in [-0.2, -0.15) is 0 Å². The maximum Gasteiger partial charge on any atom is 0.165 e. The van der Waals surface area contributed by atoms with Gasteiger partial charge in [-0.05, 0) is 29.8 Å². The number of hydrogen-bond donors (Lipinski definition) is 0. The maximum atomic E-state index is 13.5. The Bertz CT molecular complexity index is 678. The van der Waals surface area contributed by atoms with Crippen LogP contribution in [0, 0.1) is 5.82 Å². The van der Waals surface area contributed by atoms with Crippen LogP contribution in [0.1, 0.15) is 11.3 Å². The number of aromatic nitrogens is 1. The lowest BCUT2D eigenvalue weighted by Crippen LogP contribution is -1.90. The molecule has 3 rings (SSSR count). The third-order valence-electron chi connectivity index (χ3n) is 2.86. The summed E-state index contributed by atoms with van der Waals surface area (Å²) in [6, 6.07) is 15.6. The Kier molecular flexibility index (Phi) is 3.46. The Morgan fingerprint density at radius 2 is 1.80 bits per heavy atom. The van der Waals surface area contributed by atoms with Crippen LogP contribution in [0.25, 0.3) is 0 Å². The highest BCUT2D eigenvalue weighted by atomic mass is 19.1. The Morgan fingerprint density at radius 1 is 1.00 bits per heavy atom. The molecule has 0 fully saturated rings. The predicted octanol–water partition coefficient (Wildman–Crippen LogP) is 4.20. The Morgan fingerprint density at radius 3 is 2.50 bits per heavy atom. The minimum absolute atomic E-state index is 0.219. The van der Waals surface area contributed by atoms with E-state index in [1.54, 1.807) is 24.5 Å². The number of ether oxygens (including phenoxy) is 1. The van der Waals surface area contributed by atoms with Gasteiger partial charge in [-0.15, -0.1) is 0 Å². The topological polar surface area (TPSA) is 35.3 Å². The van der Waals surface area contributed by atoms with Crippen molar-refractivity contribution in [3.8, 4) is 11.5 Å². The first kappa shape index (κ1) is 12.4. The zero-order valence-corrected chi connectivity index (χ0v) is 10.6. The highest BCUT2D eigenvalue weighted by Crippen LogP contribution is 2.24. The summed E-state index contributed by atoms with van der Waals surface area (Å²) in [6.07, 6.45) is 2.24. The van der Waals surface area contributed by atoms with E-state index in [1.165, 1.54) is 6.07 Å². The molecule has 0 unspecified atom stereocenters. The minimum Gasteiger partial charge on any atom is -0.454 e. The van der Waals surface area contributed by atoms with Crippen molar-refractivity contribution in [1.82, 2.24) is 5.16 Å². The zero-order chi connectivity index (χ0) is 13.8. The van der Waals surface area contributed by atoms with E-state index >= 15 is 0 Å². The maximum absolute atomic E-state index is 13.5. The lowest BCUT2D eigenvalue weighted by molar-refractivity contribution is 0.413. The summed E-state index contributed by atoms with van der Waals surface area (Å²) in [5.41, 5.74) is 1.95. The van der Waals surface area contributed by atoms with Crippen LogP contribution in [-0.4, -0.2) is 5.16 Å². The minimum atomic E-state index is -0.376. The van der Waals surface area contributed by atoms with Crippen LogP contribution in [0.3, 0.4) is 0 Å². The number of benzene rings is 2. The van der Waals surface area contributed by atoms with E-state index in [1.807, 2.05) is 30.3 Å². The normalized spacial score (nSPS) is 10.4. The molecular weight excluding hydrogens is 257 g/mol. The van der Waals surface area contributed by atoms with Gasteiger partial charge in [0.25, 0.3) is 0 Å². The predicted molar refractivity (Wildman–Crippen MR) is 72.2 cm³/mol. The zero-order valence-electron chi connectivity index (χ0n) is 10.6. The molecular formula is C16H12FNO2. The van der Waals surface area contributed by atoms with Gasteiger partial charge in [-0.3, -0.25) is 0 Å². The second-order valence-corrected chi connectivity index (χ2v) is 4.34. The molecule has 0 amide bonds. The molecule has 0 radical (unpaired) electrons. The molecule has 1 heterocycles. The van der Waals surface area contributed by atoms with Gasteiger partial charge in [-0.25, -0.2) is 4.39 Å². The lowest BCUT2D eigenvalue weighted by Gasteiger charge is -2.07. The first-order valence-corrected chi connectivity index (χ1v) is 6.22. The van der Waals surface area contributed by atoms with Gasteiger partial charge in [-0.1, -0.05) is 29.4 Å². The molecule has 0 bridgehead atoms. The van der Waals surface area contributed by atoms with Crippen molar-refractivity contribution in [1.29, 1.82) is 0 Å². The van der Waals surface area contributed by atoms with Crippen molar-refractivity contribution in [3.63, 3.8) is 0 Å². The van der Waals surface area contributed by atoms with Crippen LogP contribution in [-0.2, 0) is 6.42 Å². The monoisotopic (exact) mass is 269 g/mol. The average molecular weight is 269 g/mol. The number of hydrogen-bond acceptors (Lipinski definition) is 3. The van der Waals surface area contributed by atoms with Gasteiger partial charge < -0.3 is 9.26 Å². The summed E-state index contributed by atoms with van der Waals surface area (Å²) in [5.74, 6) is 0.440. The first-order chi connectivity index (χ1) is 9.81. The molecule has 100 valence electrons. The molecule has 20 heavy (non-hydrogen) atoms. The van der Waals surface area contributed by atoms with E-state index < -0.39 is 0 Å². The smallest absolute Gasteiger partial charge is 0.165 e. The van der Waals surface area contributed by atoms with Crippen LogP contribution in [0.2, 0.25) is 0 Å². The van der Waals surface area contributed by atoms with Crippen molar-refractivity contribution in [3.05, 3.63) is 77.9 Å². The molecule has 3 nitrogen and oxygen atoms in total. The Hall–Kier alpha value is -2.62. The highest BCUT2D eigenvalue weighted by molar-refractivity contribution is 5.34. The molecule has 1 aromatic heterocycles. The molecule has 0 spiro atoms. The molecule has 2 aromatic carbocycles. The second-order valence-electron chi connectivity index (χ2n) is 4.34. The Balaban J connectivity index is 1.72. The third-order valence-corrected chi connectivity index (χ3v) is 2.86. The molecule has 4 heteroatoms. The van der Waals surface area contributed by atoms with Crippen molar-refractivity contribution < 1.29 is 13.7 Å². The number of para-hydroxylation sites is 1. The summed E-state index contributed by atoms with van der Waals surface area (Å²) in [5, 5.41) is 3.86. The van der Waals surface area contributed by atoms with E-state index in [-0.39, 0.29) is 11.6 Å². The van der Waals surface area contributed by atoms with E-state index in [0.717, 1.165) is 11.3 Å². The molecule has 0 aliphatic heterocycles. The fraction of sp³-hybridized carbons (Fsp3) is 0.0625. The molecule has 0 aliphatic rings. The molecule has 0 saturated heterocycles. The van der Waals surface area contributed by atoms with Crippen LogP contribution in [0.15, 0.2) is 65.4 Å². The van der Waals surface area contributed by atoms with Crippen molar-refractivity contribution in [2.24, 2.45) is 0 Å².